The van der Waals surface area contributed by atoms with Gasteiger partial charge in [-0.1, -0.05) is 11.6 Å². The summed E-state index contributed by atoms with van der Waals surface area (Å²) in [6, 6.07) is -0.258. The van der Waals surface area contributed by atoms with E-state index in [9.17, 15) is 14.4 Å². The van der Waals surface area contributed by atoms with Crippen molar-refractivity contribution in [1.29, 1.82) is 0 Å². The number of rotatable bonds is 6. The van der Waals surface area contributed by atoms with Crippen LogP contribution in [-0.4, -0.2) is 73.0 Å². The molecule has 0 aromatic heterocycles. The zero-order valence-electron chi connectivity index (χ0n) is 16.1. The Bertz CT molecular complexity index is 590. The van der Waals surface area contributed by atoms with Crippen LogP contribution in [-0.2, 0) is 19.1 Å². The van der Waals surface area contributed by atoms with E-state index in [0.717, 1.165) is 25.7 Å². The quantitative estimate of drug-likeness (QED) is 0.706. The van der Waals surface area contributed by atoms with Gasteiger partial charge < -0.3 is 19.9 Å². The van der Waals surface area contributed by atoms with E-state index in [1.807, 2.05) is 0 Å². The molecule has 2 saturated heterocycles. The predicted octanol–water partition coefficient (Wildman–Crippen LogP) is 1.23. The van der Waals surface area contributed by atoms with Crippen LogP contribution >= 0.6 is 0 Å². The summed E-state index contributed by atoms with van der Waals surface area (Å²) in [4.78, 5) is 40.5. The van der Waals surface area contributed by atoms with E-state index in [4.69, 9.17) is 4.74 Å². The van der Waals surface area contributed by atoms with Gasteiger partial charge in [0.15, 0.2) is 0 Å². The summed E-state index contributed by atoms with van der Waals surface area (Å²) in [5.41, 5.74) is 1.30. The van der Waals surface area contributed by atoms with Gasteiger partial charge in [-0.15, -0.1) is 0 Å². The minimum atomic E-state index is -0.258. The lowest BCUT2D eigenvalue weighted by atomic mass is 9.99. The van der Waals surface area contributed by atoms with E-state index in [1.54, 1.807) is 9.80 Å². The number of nitrogens with one attached hydrogen (secondary N) is 1. The van der Waals surface area contributed by atoms with Crippen LogP contribution in [0.1, 0.15) is 51.4 Å². The van der Waals surface area contributed by atoms with Gasteiger partial charge in [0.25, 0.3) is 0 Å². The molecular weight excluding hydrogens is 346 g/mol. The van der Waals surface area contributed by atoms with Gasteiger partial charge >= 0.3 is 0 Å². The fraction of sp³-hybridized carbons (Fsp3) is 0.750. The highest BCUT2D eigenvalue weighted by molar-refractivity contribution is 5.86. The van der Waals surface area contributed by atoms with Crippen molar-refractivity contribution in [3.8, 4) is 0 Å². The van der Waals surface area contributed by atoms with E-state index >= 15 is 0 Å². The zero-order valence-corrected chi connectivity index (χ0v) is 16.1. The first-order valence-corrected chi connectivity index (χ1v) is 10.2. The molecular formula is C20H31N3O4. The van der Waals surface area contributed by atoms with E-state index < -0.39 is 0 Å². The Morgan fingerprint density at radius 3 is 2.78 bits per heavy atom. The first kappa shape index (κ1) is 19.9. The summed E-state index contributed by atoms with van der Waals surface area (Å²) in [6.45, 7) is 2.69. The summed E-state index contributed by atoms with van der Waals surface area (Å²) in [7, 11) is 0. The molecule has 1 atom stereocenters. The number of morpholine rings is 1. The van der Waals surface area contributed by atoms with Crippen molar-refractivity contribution in [2.45, 2.75) is 57.4 Å². The minimum absolute atomic E-state index is 0.0520. The Balaban J connectivity index is 1.49. The third kappa shape index (κ3) is 5.79. The zero-order chi connectivity index (χ0) is 19.1. The van der Waals surface area contributed by atoms with Gasteiger partial charge in [0.05, 0.1) is 25.8 Å². The van der Waals surface area contributed by atoms with Crippen molar-refractivity contribution in [1.82, 2.24) is 15.1 Å². The molecule has 3 aliphatic rings. The summed E-state index contributed by atoms with van der Waals surface area (Å²) in [6.07, 6.45) is 9.41. The van der Waals surface area contributed by atoms with Crippen molar-refractivity contribution in [2.75, 3.05) is 39.4 Å². The molecule has 3 rings (SSSR count). The van der Waals surface area contributed by atoms with E-state index in [2.05, 4.69) is 11.4 Å². The molecule has 7 heteroatoms. The molecule has 1 unspecified atom stereocenters. The van der Waals surface area contributed by atoms with Gasteiger partial charge in [-0.25, -0.2) is 0 Å². The number of carbonyl (C=O) groups is 3. The molecule has 1 N–H and O–H groups in total. The molecule has 2 fully saturated rings. The Labute approximate surface area is 161 Å². The largest absolute Gasteiger partial charge is 0.377 e. The highest BCUT2D eigenvalue weighted by Crippen LogP contribution is 2.17. The maximum absolute atomic E-state index is 12.7. The second kappa shape index (κ2) is 9.88. The number of nitrogens with zero attached hydrogens (tertiary/aromatic N) is 2. The van der Waals surface area contributed by atoms with Gasteiger partial charge in [-0.2, -0.15) is 0 Å². The average molecular weight is 377 g/mol. The van der Waals surface area contributed by atoms with Gasteiger partial charge in [-0.3, -0.25) is 14.4 Å². The lowest BCUT2D eigenvalue weighted by Gasteiger charge is -2.37. The van der Waals surface area contributed by atoms with E-state index in [-0.39, 0.29) is 36.7 Å². The Morgan fingerprint density at radius 2 is 2.00 bits per heavy atom. The SMILES string of the molecule is O=C(CC1COCCN1C(=O)CN1CCCCC1=O)NCC1=CCCCC1. The van der Waals surface area contributed by atoms with Crippen LogP contribution in [0.15, 0.2) is 11.6 Å². The Hall–Kier alpha value is -1.89. The number of hydrogen-bond acceptors (Lipinski definition) is 4. The molecule has 27 heavy (non-hydrogen) atoms. The normalized spacial score (nSPS) is 23.8. The highest BCUT2D eigenvalue weighted by Gasteiger charge is 2.31. The third-order valence-corrected chi connectivity index (χ3v) is 5.61. The third-order valence-electron chi connectivity index (χ3n) is 5.61. The van der Waals surface area contributed by atoms with E-state index in [0.29, 0.717) is 39.3 Å². The molecule has 0 bridgehead atoms. The number of likely N-dealkylation sites (tertiary alicyclic amines) is 1. The number of piperidine rings is 1. The molecule has 0 spiro atoms. The van der Waals surface area contributed by atoms with Crippen molar-refractivity contribution in [3.05, 3.63) is 11.6 Å². The van der Waals surface area contributed by atoms with E-state index in [1.165, 1.54) is 18.4 Å². The van der Waals surface area contributed by atoms with Crippen LogP contribution in [0.4, 0.5) is 0 Å². The number of amides is 3. The number of ether oxygens (including phenoxy) is 1. The lowest BCUT2D eigenvalue weighted by Crippen LogP contribution is -2.54. The highest BCUT2D eigenvalue weighted by atomic mass is 16.5. The first-order chi connectivity index (χ1) is 13.1. The van der Waals surface area contributed by atoms with Crippen LogP contribution in [0.3, 0.4) is 0 Å². The molecule has 1 aliphatic carbocycles. The standard InChI is InChI=1S/C20H31N3O4/c24-18(21-13-16-6-2-1-3-7-16)12-17-15-27-11-10-23(17)20(26)14-22-9-5-4-8-19(22)25/h6,17H,1-5,7-15H2,(H,21,24). The molecule has 7 nitrogen and oxygen atoms in total. The molecule has 0 aromatic carbocycles. The van der Waals surface area contributed by atoms with Crippen molar-refractivity contribution in [3.63, 3.8) is 0 Å². The maximum Gasteiger partial charge on any atom is 0.242 e. The molecule has 2 heterocycles. The van der Waals surface area contributed by atoms with Gasteiger partial charge in [0, 0.05) is 32.5 Å². The fourth-order valence-electron chi connectivity index (χ4n) is 4.00. The topological polar surface area (TPSA) is 79.0 Å². The summed E-state index contributed by atoms with van der Waals surface area (Å²) < 4.78 is 5.50. The smallest absolute Gasteiger partial charge is 0.242 e. The van der Waals surface area contributed by atoms with Gasteiger partial charge in [-0.05, 0) is 38.5 Å². The summed E-state index contributed by atoms with van der Waals surface area (Å²) in [5, 5.41) is 2.98. The molecule has 0 saturated carbocycles. The monoisotopic (exact) mass is 377 g/mol. The first-order valence-electron chi connectivity index (χ1n) is 10.2. The van der Waals surface area contributed by atoms with Gasteiger partial charge in [0.2, 0.25) is 17.7 Å². The van der Waals surface area contributed by atoms with Crippen LogP contribution in [0.5, 0.6) is 0 Å². The molecule has 3 amide bonds. The van der Waals surface area contributed by atoms with Crippen molar-refractivity contribution >= 4 is 17.7 Å². The number of carbonyl (C=O) groups excluding carboxylic acids is 3. The van der Waals surface area contributed by atoms with Crippen LogP contribution in [0.2, 0.25) is 0 Å². The van der Waals surface area contributed by atoms with Gasteiger partial charge in [0.1, 0.15) is 0 Å². The molecule has 150 valence electrons. The predicted molar refractivity (Wildman–Crippen MR) is 101 cm³/mol. The second-order valence-corrected chi connectivity index (χ2v) is 7.68. The average Bonchev–Trinajstić information content (AvgIpc) is 2.69. The summed E-state index contributed by atoms with van der Waals surface area (Å²) in [5.74, 6) is -0.0805. The maximum atomic E-state index is 12.7. The molecule has 0 radical (unpaired) electrons. The molecule has 0 aromatic rings. The number of allylic oxidation sites excluding steroid dienone is 1. The lowest BCUT2D eigenvalue weighted by molar-refractivity contribution is -0.148. The minimum Gasteiger partial charge on any atom is -0.377 e. The summed E-state index contributed by atoms with van der Waals surface area (Å²) >= 11 is 0. The van der Waals surface area contributed by atoms with Crippen LogP contribution in [0, 0.1) is 0 Å². The van der Waals surface area contributed by atoms with Crippen molar-refractivity contribution in [2.24, 2.45) is 0 Å². The van der Waals surface area contributed by atoms with Crippen molar-refractivity contribution < 1.29 is 19.1 Å². The number of hydrogen-bond donors (Lipinski definition) is 1. The fourth-order valence-corrected chi connectivity index (χ4v) is 4.00. The van der Waals surface area contributed by atoms with Crippen LogP contribution in [0.25, 0.3) is 0 Å². The van der Waals surface area contributed by atoms with Crippen LogP contribution < -0.4 is 5.32 Å². The molecule has 2 aliphatic heterocycles. The second-order valence-electron chi connectivity index (χ2n) is 7.68. The Kier molecular flexibility index (Phi) is 7.26. The Morgan fingerprint density at radius 1 is 1.15 bits per heavy atom.